The van der Waals surface area contributed by atoms with Gasteiger partial charge in [0.2, 0.25) is 0 Å². The number of hydrogen-bond donors (Lipinski definition) is 0. The van der Waals surface area contributed by atoms with E-state index in [4.69, 9.17) is 0 Å². The molecule has 3 heteroatoms. The van der Waals surface area contributed by atoms with E-state index in [1.165, 1.54) is 49.2 Å². The largest absolute Gasteiger partial charge is 0.309 e. The van der Waals surface area contributed by atoms with Crippen LogP contribution >= 0.6 is 0 Å². The van der Waals surface area contributed by atoms with Crippen molar-refractivity contribution in [3.8, 4) is 22.5 Å². The van der Waals surface area contributed by atoms with Crippen molar-refractivity contribution in [1.82, 2.24) is 14.1 Å². The SMILES string of the molecule is c1ccc(-n2c3ccccc3c3cc4c5ccccc5n(-c5cccc(-c6ccc7cccnc7c6)c5)c4cc32)cc1. The van der Waals surface area contributed by atoms with Gasteiger partial charge in [-0.25, -0.2) is 0 Å². The molecule has 3 heterocycles. The Morgan fingerprint density at radius 1 is 0.381 bits per heavy atom. The lowest BCUT2D eigenvalue weighted by atomic mass is 10.0. The van der Waals surface area contributed by atoms with E-state index in [0.717, 1.165) is 27.8 Å². The molecule has 0 radical (unpaired) electrons. The fraction of sp³-hybridized carbons (Fsp3) is 0. The summed E-state index contributed by atoms with van der Waals surface area (Å²) < 4.78 is 4.81. The zero-order chi connectivity index (χ0) is 27.6. The van der Waals surface area contributed by atoms with Gasteiger partial charge < -0.3 is 9.13 Å². The Hall–Kier alpha value is -5.67. The zero-order valence-corrected chi connectivity index (χ0v) is 22.8. The Bertz CT molecular complexity index is 2460. The van der Waals surface area contributed by atoms with Crippen molar-refractivity contribution in [2.75, 3.05) is 0 Å². The van der Waals surface area contributed by atoms with Crippen LogP contribution in [0.15, 0.2) is 152 Å². The summed E-state index contributed by atoms with van der Waals surface area (Å²) in [5.74, 6) is 0. The highest BCUT2D eigenvalue weighted by Gasteiger charge is 2.18. The van der Waals surface area contributed by atoms with Gasteiger partial charge in [-0.1, -0.05) is 84.9 Å². The molecule has 0 aliphatic heterocycles. The number of fused-ring (bicyclic) bond motifs is 7. The summed E-state index contributed by atoms with van der Waals surface area (Å²) in [5.41, 5.74) is 10.5. The quantitative estimate of drug-likeness (QED) is 0.221. The van der Waals surface area contributed by atoms with Gasteiger partial charge >= 0.3 is 0 Å². The first-order valence-corrected chi connectivity index (χ1v) is 14.3. The van der Waals surface area contributed by atoms with Gasteiger partial charge in [-0.05, 0) is 71.8 Å². The van der Waals surface area contributed by atoms with Gasteiger partial charge in [0.25, 0.3) is 0 Å². The minimum Gasteiger partial charge on any atom is -0.309 e. The van der Waals surface area contributed by atoms with E-state index in [1.54, 1.807) is 0 Å². The third-order valence-electron chi connectivity index (χ3n) is 8.52. The highest BCUT2D eigenvalue weighted by atomic mass is 15.0. The Morgan fingerprint density at radius 2 is 1.02 bits per heavy atom. The van der Waals surface area contributed by atoms with Crippen LogP contribution < -0.4 is 0 Å². The van der Waals surface area contributed by atoms with Crippen LogP contribution in [0.5, 0.6) is 0 Å². The summed E-state index contributed by atoms with van der Waals surface area (Å²) in [7, 11) is 0. The minimum atomic E-state index is 1.01. The lowest BCUT2D eigenvalue weighted by Crippen LogP contribution is -1.96. The molecule has 0 amide bonds. The number of benzene rings is 6. The van der Waals surface area contributed by atoms with Crippen LogP contribution in [-0.2, 0) is 0 Å². The molecule has 9 rings (SSSR count). The van der Waals surface area contributed by atoms with E-state index in [-0.39, 0.29) is 0 Å². The van der Waals surface area contributed by atoms with E-state index in [2.05, 4.69) is 154 Å². The summed E-state index contributed by atoms with van der Waals surface area (Å²) in [5, 5.41) is 6.20. The molecule has 9 aromatic rings. The van der Waals surface area contributed by atoms with E-state index in [0.29, 0.717) is 0 Å². The standard InChI is InChI=1S/C39H25N3/c1-2-12-29(13-3-1)41-36-17-6-4-15-31(36)33-24-34-32-16-5-7-18-37(32)42(39(34)25-38(33)41)30-14-8-10-27(22-30)28-20-19-26-11-9-21-40-35(26)23-28/h1-25H. The van der Waals surface area contributed by atoms with Crippen molar-refractivity contribution in [2.45, 2.75) is 0 Å². The third kappa shape index (κ3) is 3.37. The fourth-order valence-electron chi connectivity index (χ4n) is 6.63. The van der Waals surface area contributed by atoms with E-state index in [9.17, 15) is 0 Å². The fourth-order valence-corrected chi connectivity index (χ4v) is 6.63. The molecule has 0 N–H and O–H groups in total. The summed E-state index contributed by atoms with van der Waals surface area (Å²) in [4.78, 5) is 4.59. The molecule has 3 aromatic heterocycles. The van der Waals surface area contributed by atoms with E-state index >= 15 is 0 Å². The molecule has 0 aliphatic carbocycles. The Kier molecular flexibility index (Phi) is 4.90. The molecule has 6 aromatic carbocycles. The first kappa shape index (κ1) is 23.1. The molecule has 0 unspecified atom stereocenters. The lowest BCUT2D eigenvalue weighted by molar-refractivity contribution is 1.16. The number of para-hydroxylation sites is 3. The van der Waals surface area contributed by atoms with Crippen LogP contribution in [0.1, 0.15) is 0 Å². The summed E-state index contributed by atoms with van der Waals surface area (Å²) in [6.07, 6.45) is 1.86. The molecule has 3 nitrogen and oxygen atoms in total. The zero-order valence-electron chi connectivity index (χ0n) is 22.8. The van der Waals surface area contributed by atoms with Crippen molar-refractivity contribution in [3.05, 3.63) is 152 Å². The smallest absolute Gasteiger partial charge is 0.0708 e. The first-order valence-electron chi connectivity index (χ1n) is 14.3. The molecule has 0 fully saturated rings. The molecular formula is C39H25N3. The molecule has 42 heavy (non-hydrogen) atoms. The predicted molar refractivity (Wildman–Crippen MR) is 176 cm³/mol. The van der Waals surface area contributed by atoms with Crippen LogP contribution in [0.2, 0.25) is 0 Å². The maximum Gasteiger partial charge on any atom is 0.0708 e. The topological polar surface area (TPSA) is 22.8 Å². The van der Waals surface area contributed by atoms with Crippen molar-refractivity contribution < 1.29 is 0 Å². The van der Waals surface area contributed by atoms with Gasteiger partial charge in [0, 0.05) is 44.5 Å². The molecule has 196 valence electrons. The molecular weight excluding hydrogens is 510 g/mol. The maximum absolute atomic E-state index is 4.59. The second-order valence-corrected chi connectivity index (χ2v) is 10.9. The number of nitrogens with zero attached hydrogens (tertiary/aromatic N) is 3. The summed E-state index contributed by atoms with van der Waals surface area (Å²) in [6.45, 7) is 0. The molecule has 0 saturated carbocycles. The van der Waals surface area contributed by atoms with Crippen LogP contribution in [0.4, 0.5) is 0 Å². The van der Waals surface area contributed by atoms with Gasteiger partial charge in [0.15, 0.2) is 0 Å². The van der Waals surface area contributed by atoms with Crippen molar-refractivity contribution in [2.24, 2.45) is 0 Å². The Balaban J connectivity index is 1.35. The van der Waals surface area contributed by atoms with Crippen LogP contribution in [0.3, 0.4) is 0 Å². The minimum absolute atomic E-state index is 1.01. The highest BCUT2D eigenvalue weighted by molar-refractivity contribution is 6.19. The van der Waals surface area contributed by atoms with Crippen molar-refractivity contribution in [3.63, 3.8) is 0 Å². The molecule has 0 bridgehead atoms. The van der Waals surface area contributed by atoms with Gasteiger partial charge in [-0.15, -0.1) is 0 Å². The van der Waals surface area contributed by atoms with E-state index in [1.807, 2.05) is 12.3 Å². The summed E-state index contributed by atoms with van der Waals surface area (Å²) >= 11 is 0. The van der Waals surface area contributed by atoms with Crippen LogP contribution in [-0.4, -0.2) is 14.1 Å². The van der Waals surface area contributed by atoms with Crippen molar-refractivity contribution in [1.29, 1.82) is 0 Å². The second-order valence-electron chi connectivity index (χ2n) is 10.9. The second kappa shape index (κ2) is 8.92. The van der Waals surface area contributed by atoms with Crippen LogP contribution in [0.25, 0.3) is 77.0 Å². The number of hydrogen-bond acceptors (Lipinski definition) is 1. The predicted octanol–water partition coefficient (Wildman–Crippen LogP) is 10.1. The Labute approximate surface area is 242 Å². The Morgan fingerprint density at radius 3 is 1.79 bits per heavy atom. The maximum atomic E-state index is 4.59. The van der Waals surface area contributed by atoms with Gasteiger partial charge in [0.05, 0.1) is 27.6 Å². The molecule has 0 saturated heterocycles. The number of pyridine rings is 1. The lowest BCUT2D eigenvalue weighted by Gasteiger charge is -2.12. The van der Waals surface area contributed by atoms with Crippen molar-refractivity contribution >= 4 is 54.5 Å². The van der Waals surface area contributed by atoms with Gasteiger partial charge in [0.1, 0.15) is 0 Å². The summed E-state index contributed by atoms with van der Waals surface area (Å²) in [6, 6.07) is 52.4. The number of aromatic nitrogens is 3. The number of rotatable bonds is 3. The molecule has 0 aliphatic rings. The van der Waals surface area contributed by atoms with Gasteiger partial charge in [-0.3, -0.25) is 4.98 Å². The van der Waals surface area contributed by atoms with Gasteiger partial charge in [-0.2, -0.15) is 0 Å². The normalized spacial score (nSPS) is 11.8. The first-order chi connectivity index (χ1) is 20.8. The highest BCUT2D eigenvalue weighted by Crippen LogP contribution is 2.40. The van der Waals surface area contributed by atoms with Crippen LogP contribution in [0, 0.1) is 0 Å². The molecule has 0 atom stereocenters. The average Bonchev–Trinajstić information content (AvgIpc) is 3.56. The third-order valence-corrected chi connectivity index (χ3v) is 8.52. The average molecular weight is 536 g/mol. The monoisotopic (exact) mass is 535 g/mol. The van der Waals surface area contributed by atoms with E-state index < -0.39 is 0 Å². The molecule has 0 spiro atoms.